The number of imidazole rings is 1. The van der Waals surface area contributed by atoms with E-state index in [4.69, 9.17) is 4.74 Å². The van der Waals surface area contributed by atoms with Crippen LogP contribution in [0, 0.1) is 0 Å². The minimum atomic E-state index is 0.347. The number of rotatable bonds is 4. The molecule has 3 heterocycles. The van der Waals surface area contributed by atoms with Crippen molar-refractivity contribution in [1.29, 1.82) is 0 Å². The highest BCUT2D eigenvalue weighted by Crippen LogP contribution is 2.18. The Morgan fingerprint density at radius 2 is 2.30 bits per heavy atom. The van der Waals surface area contributed by atoms with Crippen molar-refractivity contribution in [3.8, 4) is 5.88 Å². The largest absolute Gasteiger partial charge is 0.470 e. The van der Waals surface area contributed by atoms with Crippen LogP contribution in [0.2, 0.25) is 0 Å². The average Bonchev–Trinajstić information content (AvgIpc) is 2.90. The molecular weight excluding hydrogens is 322 g/mol. The molecule has 20 heavy (non-hydrogen) atoms. The maximum absolute atomic E-state index is 5.68. The second kappa shape index (κ2) is 5.54. The molecule has 0 spiro atoms. The second-order valence-electron chi connectivity index (χ2n) is 4.17. The fourth-order valence-electron chi connectivity index (χ4n) is 1.87. The van der Waals surface area contributed by atoms with Crippen molar-refractivity contribution in [1.82, 2.24) is 24.6 Å². The van der Waals surface area contributed by atoms with Gasteiger partial charge >= 0.3 is 0 Å². The molecule has 0 aromatic carbocycles. The Morgan fingerprint density at radius 1 is 1.40 bits per heavy atom. The van der Waals surface area contributed by atoms with Crippen molar-refractivity contribution in [3.63, 3.8) is 0 Å². The highest BCUT2D eigenvalue weighted by atomic mass is 79.9. The van der Waals surface area contributed by atoms with Gasteiger partial charge in [0, 0.05) is 12.4 Å². The molecule has 0 atom stereocenters. The lowest BCUT2D eigenvalue weighted by Crippen LogP contribution is -2.03. The number of pyridine rings is 1. The Hall–Kier alpha value is -2.02. The summed E-state index contributed by atoms with van der Waals surface area (Å²) in [4.78, 5) is 8.61. The summed E-state index contributed by atoms with van der Waals surface area (Å²) in [5.74, 6) is 0.513. The molecule has 3 aromatic rings. The van der Waals surface area contributed by atoms with Gasteiger partial charge in [0.25, 0.3) is 0 Å². The molecule has 0 aliphatic rings. The summed E-state index contributed by atoms with van der Waals surface area (Å²) in [6.45, 7) is 2.33. The molecule has 0 saturated heterocycles. The highest BCUT2D eigenvalue weighted by Gasteiger charge is 2.08. The zero-order chi connectivity index (χ0) is 13.9. The van der Waals surface area contributed by atoms with Crippen LogP contribution in [0.4, 0.5) is 0 Å². The van der Waals surface area contributed by atoms with E-state index in [1.54, 1.807) is 0 Å². The van der Waals surface area contributed by atoms with Crippen molar-refractivity contribution in [2.75, 3.05) is 0 Å². The summed E-state index contributed by atoms with van der Waals surface area (Å²) in [5.41, 5.74) is 2.44. The zero-order valence-corrected chi connectivity index (χ0v) is 12.4. The van der Waals surface area contributed by atoms with E-state index in [1.807, 2.05) is 35.9 Å². The fraction of sp³-hybridized carbons (Fsp3) is 0.231. The fourth-order valence-corrected chi connectivity index (χ4v) is 2.32. The molecule has 0 radical (unpaired) electrons. The number of fused-ring (bicyclic) bond motifs is 1. The van der Waals surface area contributed by atoms with Gasteiger partial charge in [-0.1, -0.05) is 6.92 Å². The van der Waals surface area contributed by atoms with Gasteiger partial charge in [-0.3, -0.25) is 0 Å². The van der Waals surface area contributed by atoms with Gasteiger partial charge in [0.05, 0.1) is 10.2 Å². The lowest BCUT2D eigenvalue weighted by Gasteiger charge is -2.05. The summed E-state index contributed by atoms with van der Waals surface area (Å²) in [7, 11) is 0. The van der Waals surface area contributed by atoms with Gasteiger partial charge in [0.2, 0.25) is 5.88 Å². The molecule has 102 valence electrons. The molecule has 3 rings (SSSR count). The molecule has 0 bridgehead atoms. The molecule has 0 N–H and O–H groups in total. The number of hydrogen-bond acceptors (Lipinski definition) is 5. The van der Waals surface area contributed by atoms with E-state index >= 15 is 0 Å². The first kappa shape index (κ1) is 13.0. The van der Waals surface area contributed by atoms with Crippen LogP contribution in [0.3, 0.4) is 0 Å². The van der Waals surface area contributed by atoms with E-state index in [-0.39, 0.29) is 0 Å². The van der Waals surface area contributed by atoms with Crippen LogP contribution in [0.1, 0.15) is 18.3 Å². The number of nitrogens with zero attached hydrogens (tertiary/aromatic N) is 5. The van der Waals surface area contributed by atoms with Gasteiger partial charge in [-0.25, -0.2) is 4.98 Å². The quantitative estimate of drug-likeness (QED) is 0.733. The third kappa shape index (κ3) is 2.49. The van der Waals surface area contributed by atoms with Crippen molar-refractivity contribution in [2.45, 2.75) is 20.0 Å². The summed E-state index contributed by atoms with van der Waals surface area (Å²) >= 11 is 3.47. The first-order valence-electron chi connectivity index (χ1n) is 6.19. The maximum Gasteiger partial charge on any atom is 0.239 e. The lowest BCUT2D eigenvalue weighted by atomic mass is 10.3. The van der Waals surface area contributed by atoms with Crippen LogP contribution in [-0.4, -0.2) is 24.6 Å². The molecule has 0 unspecified atom stereocenters. The van der Waals surface area contributed by atoms with E-state index in [0.29, 0.717) is 12.5 Å². The predicted molar refractivity (Wildman–Crippen MR) is 76.4 cm³/mol. The van der Waals surface area contributed by atoms with Crippen LogP contribution in [0.25, 0.3) is 5.65 Å². The summed E-state index contributed by atoms with van der Waals surface area (Å²) in [6.07, 6.45) is 5.99. The van der Waals surface area contributed by atoms with Crippen molar-refractivity contribution in [2.24, 2.45) is 0 Å². The number of hydrogen-bond donors (Lipinski definition) is 0. The van der Waals surface area contributed by atoms with E-state index < -0.39 is 0 Å². The first-order chi connectivity index (χ1) is 9.78. The van der Waals surface area contributed by atoms with E-state index in [2.05, 4.69) is 36.1 Å². The number of aryl methyl sites for hydroxylation is 1. The Bertz CT molecular complexity index is 742. The molecule has 0 fully saturated rings. The van der Waals surface area contributed by atoms with Gasteiger partial charge in [0.15, 0.2) is 5.65 Å². The average molecular weight is 334 g/mol. The van der Waals surface area contributed by atoms with Gasteiger partial charge in [-0.2, -0.15) is 4.98 Å². The van der Waals surface area contributed by atoms with Crippen LogP contribution in [0.5, 0.6) is 5.88 Å². The third-order valence-corrected chi connectivity index (χ3v) is 3.45. The lowest BCUT2D eigenvalue weighted by molar-refractivity contribution is 0.283. The Kier molecular flexibility index (Phi) is 3.60. The van der Waals surface area contributed by atoms with Crippen LogP contribution >= 0.6 is 15.9 Å². The second-order valence-corrected chi connectivity index (χ2v) is 5.03. The summed E-state index contributed by atoms with van der Waals surface area (Å²) < 4.78 is 8.57. The van der Waals surface area contributed by atoms with Crippen LogP contribution in [0.15, 0.2) is 35.3 Å². The molecule has 0 aliphatic carbocycles. The van der Waals surface area contributed by atoms with Gasteiger partial charge < -0.3 is 9.14 Å². The smallest absolute Gasteiger partial charge is 0.239 e. The van der Waals surface area contributed by atoms with Crippen LogP contribution in [-0.2, 0) is 13.0 Å². The molecule has 7 heteroatoms. The van der Waals surface area contributed by atoms with Gasteiger partial charge in [0.1, 0.15) is 18.6 Å². The molecular formula is C13H12BrN5O. The number of ether oxygens (including phenoxy) is 1. The molecule has 0 amide bonds. The third-order valence-electron chi connectivity index (χ3n) is 2.83. The normalized spacial score (nSPS) is 10.9. The van der Waals surface area contributed by atoms with E-state index in [0.717, 1.165) is 27.9 Å². The zero-order valence-electron chi connectivity index (χ0n) is 10.8. The first-order valence-corrected chi connectivity index (χ1v) is 6.98. The molecule has 0 saturated carbocycles. The van der Waals surface area contributed by atoms with Crippen molar-refractivity contribution < 1.29 is 4.74 Å². The monoisotopic (exact) mass is 333 g/mol. The Morgan fingerprint density at radius 3 is 3.10 bits per heavy atom. The number of aromatic nitrogens is 5. The minimum Gasteiger partial charge on any atom is -0.470 e. The predicted octanol–water partition coefficient (Wildman–Crippen LogP) is 2.42. The molecule has 3 aromatic heterocycles. The van der Waals surface area contributed by atoms with Crippen molar-refractivity contribution >= 4 is 21.6 Å². The van der Waals surface area contributed by atoms with Gasteiger partial charge in [-0.05, 0) is 34.5 Å². The van der Waals surface area contributed by atoms with Crippen LogP contribution < -0.4 is 4.74 Å². The summed E-state index contributed by atoms with van der Waals surface area (Å²) in [6, 6.07) is 3.91. The number of halogens is 1. The molecule has 6 nitrogen and oxygen atoms in total. The summed E-state index contributed by atoms with van der Waals surface area (Å²) in [5, 5.41) is 7.75. The highest BCUT2D eigenvalue weighted by molar-refractivity contribution is 9.10. The Labute approximate surface area is 124 Å². The van der Waals surface area contributed by atoms with Crippen molar-refractivity contribution in [3.05, 3.63) is 46.7 Å². The van der Waals surface area contributed by atoms with Gasteiger partial charge in [-0.15, -0.1) is 10.2 Å². The van der Waals surface area contributed by atoms with E-state index in [1.165, 1.54) is 6.33 Å². The minimum absolute atomic E-state index is 0.347. The standard InChI is InChI=1S/C13H12BrN5O/c1-2-11-13(15-8-16-18-11)20-7-9-6-19-5-3-4-10(14)12(19)17-9/h3-6,8H,2,7H2,1H3. The van der Waals surface area contributed by atoms with E-state index in [9.17, 15) is 0 Å². The topological polar surface area (TPSA) is 65.2 Å². The maximum atomic E-state index is 5.68. The molecule has 0 aliphatic heterocycles. The Balaban J connectivity index is 1.82. The SMILES string of the molecule is CCc1nncnc1OCc1cn2cccc(Br)c2n1.